The number of carbonyl (C=O) groups is 2. The Bertz CT molecular complexity index is 1040. The minimum atomic E-state index is -0.503. The van der Waals surface area contributed by atoms with Crippen molar-refractivity contribution in [2.75, 3.05) is 27.9 Å². The summed E-state index contributed by atoms with van der Waals surface area (Å²) in [6.07, 6.45) is 3.13. The zero-order chi connectivity index (χ0) is 23.5. The SMILES string of the molecule is CCC1=C(C(=O)OC)C(c2ccc(OC)c(OC)c2)N2C(CC(=O)NCC3CC3)=CSC2=N1. The first-order valence-corrected chi connectivity index (χ1v) is 11.9. The molecule has 1 aromatic carbocycles. The molecule has 1 saturated carbocycles. The first-order chi connectivity index (χ1) is 16.0. The quantitative estimate of drug-likeness (QED) is 0.549. The average molecular weight is 472 g/mol. The third-order valence-electron chi connectivity index (χ3n) is 5.98. The molecule has 1 aromatic rings. The Hall–Kier alpha value is -2.94. The Morgan fingerprint density at radius 3 is 2.58 bits per heavy atom. The predicted molar refractivity (Wildman–Crippen MR) is 127 cm³/mol. The number of methoxy groups -OCH3 is 3. The Balaban J connectivity index is 1.73. The van der Waals surface area contributed by atoms with Crippen molar-refractivity contribution >= 4 is 28.8 Å². The summed E-state index contributed by atoms with van der Waals surface area (Å²) in [5.74, 6) is 1.28. The van der Waals surface area contributed by atoms with Gasteiger partial charge < -0.3 is 24.4 Å². The van der Waals surface area contributed by atoms with E-state index in [0.29, 0.717) is 41.7 Å². The summed E-state index contributed by atoms with van der Waals surface area (Å²) in [7, 11) is 4.52. The number of fused-ring (bicyclic) bond motifs is 1. The number of allylic oxidation sites excluding steroid dienone is 1. The number of hydrogen-bond donors (Lipinski definition) is 1. The molecule has 0 bridgehead atoms. The molecule has 1 atom stereocenters. The lowest BCUT2D eigenvalue weighted by Crippen LogP contribution is -2.38. The van der Waals surface area contributed by atoms with E-state index in [1.54, 1.807) is 14.2 Å². The maximum Gasteiger partial charge on any atom is 0.338 e. The van der Waals surface area contributed by atoms with Crippen molar-refractivity contribution in [2.45, 2.75) is 38.6 Å². The number of nitrogens with one attached hydrogen (secondary N) is 1. The lowest BCUT2D eigenvalue weighted by atomic mass is 9.92. The number of aliphatic imine (C=N–C) groups is 1. The standard InChI is InChI=1S/C24H29N3O5S/c1-5-17-21(23(29)32-4)22(15-8-9-18(30-2)19(10-15)31-3)27-16(13-33-24(27)26-17)11-20(28)25-12-14-6-7-14/h8-10,13-14,22H,5-7,11-12H2,1-4H3,(H,25,28). The zero-order valence-corrected chi connectivity index (χ0v) is 20.2. The van der Waals surface area contributed by atoms with Gasteiger partial charge >= 0.3 is 5.97 Å². The van der Waals surface area contributed by atoms with Crippen LogP contribution in [-0.4, -0.2) is 49.8 Å². The van der Waals surface area contributed by atoms with Crippen LogP contribution < -0.4 is 14.8 Å². The predicted octanol–water partition coefficient (Wildman–Crippen LogP) is 3.76. The molecule has 33 heavy (non-hydrogen) atoms. The molecule has 2 heterocycles. The van der Waals surface area contributed by atoms with Gasteiger partial charge in [0, 0.05) is 12.2 Å². The number of benzene rings is 1. The molecule has 3 aliphatic rings. The van der Waals surface area contributed by atoms with E-state index in [2.05, 4.69) is 5.32 Å². The van der Waals surface area contributed by atoms with E-state index in [0.717, 1.165) is 16.4 Å². The first kappa shape index (κ1) is 23.2. The summed E-state index contributed by atoms with van der Waals surface area (Å²) < 4.78 is 16.1. The zero-order valence-electron chi connectivity index (χ0n) is 19.3. The van der Waals surface area contributed by atoms with Crippen LogP contribution in [0.1, 0.15) is 44.2 Å². The topological polar surface area (TPSA) is 89.5 Å². The molecular formula is C24H29N3O5S. The van der Waals surface area contributed by atoms with Gasteiger partial charge in [0.2, 0.25) is 5.91 Å². The van der Waals surface area contributed by atoms with Crippen LogP contribution in [-0.2, 0) is 14.3 Å². The van der Waals surface area contributed by atoms with Crippen LogP contribution in [0.3, 0.4) is 0 Å². The Labute approximate surface area is 198 Å². The van der Waals surface area contributed by atoms with E-state index in [-0.39, 0.29) is 12.3 Å². The van der Waals surface area contributed by atoms with Crippen LogP contribution in [0.4, 0.5) is 0 Å². The summed E-state index contributed by atoms with van der Waals surface area (Å²) in [6.45, 7) is 2.68. The van der Waals surface area contributed by atoms with E-state index >= 15 is 0 Å². The fourth-order valence-electron chi connectivity index (χ4n) is 4.06. The van der Waals surface area contributed by atoms with Gasteiger partial charge in [-0.15, -0.1) is 0 Å². The van der Waals surface area contributed by atoms with Crippen molar-refractivity contribution in [3.8, 4) is 11.5 Å². The molecule has 1 aliphatic carbocycles. The van der Waals surface area contributed by atoms with Crippen LogP contribution in [0.15, 0.2) is 45.6 Å². The fourth-order valence-corrected chi connectivity index (χ4v) is 5.00. The molecule has 1 N–H and O–H groups in total. The molecule has 0 saturated heterocycles. The van der Waals surface area contributed by atoms with Crippen LogP contribution in [0.2, 0.25) is 0 Å². The molecule has 8 nitrogen and oxygen atoms in total. The van der Waals surface area contributed by atoms with Gasteiger partial charge in [-0.05, 0) is 48.3 Å². The summed E-state index contributed by atoms with van der Waals surface area (Å²) in [5.41, 5.74) is 2.75. The Morgan fingerprint density at radius 1 is 1.18 bits per heavy atom. The minimum Gasteiger partial charge on any atom is -0.493 e. The maximum absolute atomic E-state index is 13.0. The van der Waals surface area contributed by atoms with Crippen molar-refractivity contribution in [3.63, 3.8) is 0 Å². The highest BCUT2D eigenvalue weighted by Crippen LogP contribution is 2.46. The molecule has 0 aromatic heterocycles. The number of thioether (sulfide) groups is 1. The summed E-state index contributed by atoms with van der Waals surface area (Å²) in [6, 6.07) is 5.07. The van der Waals surface area contributed by atoms with Gasteiger partial charge in [0.15, 0.2) is 16.7 Å². The van der Waals surface area contributed by atoms with Gasteiger partial charge in [0.25, 0.3) is 0 Å². The Morgan fingerprint density at radius 2 is 1.94 bits per heavy atom. The smallest absolute Gasteiger partial charge is 0.338 e. The van der Waals surface area contributed by atoms with Crippen LogP contribution in [0.5, 0.6) is 11.5 Å². The lowest BCUT2D eigenvalue weighted by Gasteiger charge is -2.36. The Kier molecular flexibility index (Phi) is 6.97. The number of amides is 1. The van der Waals surface area contributed by atoms with Gasteiger partial charge in [0.05, 0.1) is 45.1 Å². The number of amidine groups is 1. The average Bonchev–Trinajstić information content (AvgIpc) is 3.60. The van der Waals surface area contributed by atoms with Gasteiger partial charge in [-0.1, -0.05) is 24.8 Å². The van der Waals surface area contributed by atoms with Gasteiger partial charge in [-0.3, -0.25) is 4.79 Å². The fraction of sp³-hybridized carbons (Fsp3) is 0.458. The molecule has 1 amide bonds. The van der Waals surface area contributed by atoms with E-state index in [4.69, 9.17) is 19.2 Å². The lowest BCUT2D eigenvalue weighted by molar-refractivity contribution is -0.136. The molecule has 0 spiro atoms. The highest BCUT2D eigenvalue weighted by molar-refractivity contribution is 8.16. The summed E-state index contributed by atoms with van der Waals surface area (Å²) in [5, 5.41) is 5.71. The van der Waals surface area contributed by atoms with E-state index in [1.807, 2.05) is 35.4 Å². The third-order valence-corrected chi connectivity index (χ3v) is 6.87. The van der Waals surface area contributed by atoms with Crippen molar-refractivity contribution in [2.24, 2.45) is 10.9 Å². The number of rotatable bonds is 9. The second kappa shape index (κ2) is 9.91. The number of ether oxygens (including phenoxy) is 3. The van der Waals surface area contributed by atoms with Crippen LogP contribution in [0, 0.1) is 5.92 Å². The van der Waals surface area contributed by atoms with Crippen LogP contribution >= 0.6 is 11.8 Å². The summed E-state index contributed by atoms with van der Waals surface area (Å²) >= 11 is 1.46. The number of hydrogen-bond acceptors (Lipinski definition) is 8. The number of carbonyl (C=O) groups excluding carboxylic acids is 2. The van der Waals surface area contributed by atoms with E-state index < -0.39 is 12.0 Å². The second-order valence-corrected chi connectivity index (χ2v) is 8.97. The van der Waals surface area contributed by atoms with Crippen molar-refractivity contribution in [3.05, 3.63) is 46.1 Å². The highest BCUT2D eigenvalue weighted by atomic mass is 32.2. The number of nitrogens with zero attached hydrogens (tertiary/aromatic N) is 2. The summed E-state index contributed by atoms with van der Waals surface area (Å²) in [4.78, 5) is 32.3. The van der Waals surface area contributed by atoms with Crippen molar-refractivity contribution < 1.29 is 23.8 Å². The second-order valence-electron chi connectivity index (χ2n) is 8.14. The largest absolute Gasteiger partial charge is 0.493 e. The van der Waals surface area contributed by atoms with Crippen molar-refractivity contribution in [1.82, 2.24) is 10.2 Å². The van der Waals surface area contributed by atoms with E-state index in [9.17, 15) is 9.59 Å². The first-order valence-electron chi connectivity index (χ1n) is 11.0. The minimum absolute atomic E-state index is 0.0362. The number of esters is 1. The molecule has 0 radical (unpaired) electrons. The van der Waals surface area contributed by atoms with E-state index in [1.165, 1.54) is 31.7 Å². The monoisotopic (exact) mass is 471 g/mol. The molecule has 1 fully saturated rings. The molecule has 4 rings (SSSR count). The highest BCUT2D eigenvalue weighted by Gasteiger charge is 2.41. The molecule has 9 heteroatoms. The van der Waals surface area contributed by atoms with Gasteiger partial charge in [0.1, 0.15) is 0 Å². The molecular weight excluding hydrogens is 442 g/mol. The van der Waals surface area contributed by atoms with Gasteiger partial charge in [-0.25, -0.2) is 9.79 Å². The molecule has 2 aliphatic heterocycles. The normalized spacial score (nSPS) is 19.5. The third kappa shape index (κ3) is 4.73. The van der Waals surface area contributed by atoms with Crippen LogP contribution in [0.25, 0.3) is 0 Å². The maximum atomic E-state index is 13.0. The molecule has 1 unspecified atom stereocenters. The van der Waals surface area contributed by atoms with Gasteiger partial charge in [-0.2, -0.15) is 0 Å². The van der Waals surface area contributed by atoms with Crippen molar-refractivity contribution in [1.29, 1.82) is 0 Å². The molecule has 176 valence electrons.